The first-order valence-electron chi connectivity index (χ1n) is 6.80. The van der Waals surface area contributed by atoms with Crippen molar-refractivity contribution in [1.82, 2.24) is 0 Å². The van der Waals surface area contributed by atoms with Crippen molar-refractivity contribution in [2.75, 3.05) is 5.32 Å². The van der Waals surface area contributed by atoms with Crippen LogP contribution in [0.3, 0.4) is 0 Å². The van der Waals surface area contributed by atoms with E-state index in [0.29, 0.717) is 0 Å². The normalized spacial score (nSPS) is 13.0. The lowest BCUT2D eigenvalue weighted by molar-refractivity contribution is -0.684. The zero-order chi connectivity index (χ0) is 13.9. The summed E-state index contributed by atoms with van der Waals surface area (Å²) in [5, 5.41) is 12.3. The van der Waals surface area contributed by atoms with Gasteiger partial charge in [0.05, 0.1) is 0 Å². The fourth-order valence-electron chi connectivity index (χ4n) is 2.62. The van der Waals surface area contributed by atoms with Gasteiger partial charge in [0.25, 0.3) is 5.91 Å². The molecule has 4 nitrogen and oxygen atoms in total. The van der Waals surface area contributed by atoms with Crippen LogP contribution in [0.4, 0.5) is 5.69 Å². The monoisotopic (exact) mass is 269 g/mol. The SMILES string of the molecule is O=C(C[n+]1cccc(O)c1)Nc1ccc2c(c1)CCC2. The Morgan fingerprint density at radius 3 is 2.95 bits per heavy atom. The van der Waals surface area contributed by atoms with Gasteiger partial charge in [-0.15, -0.1) is 0 Å². The molecule has 0 spiro atoms. The summed E-state index contributed by atoms with van der Waals surface area (Å²) in [4.78, 5) is 12.0. The highest BCUT2D eigenvalue weighted by atomic mass is 16.3. The van der Waals surface area contributed by atoms with Crippen LogP contribution in [0.25, 0.3) is 0 Å². The average molecular weight is 269 g/mol. The number of hydrogen-bond acceptors (Lipinski definition) is 2. The molecule has 0 bridgehead atoms. The van der Waals surface area contributed by atoms with Gasteiger partial charge >= 0.3 is 0 Å². The van der Waals surface area contributed by atoms with Crippen LogP contribution < -0.4 is 9.88 Å². The molecule has 1 aromatic carbocycles. The Hall–Kier alpha value is -2.36. The van der Waals surface area contributed by atoms with E-state index in [-0.39, 0.29) is 18.2 Å². The molecule has 0 atom stereocenters. The molecule has 1 aliphatic carbocycles. The number of carbonyl (C=O) groups is 1. The van der Waals surface area contributed by atoms with Gasteiger partial charge in [0.2, 0.25) is 12.7 Å². The first-order valence-corrected chi connectivity index (χ1v) is 6.80. The molecule has 2 N–H and O–H groups in total. The van der Waals surface area contributed by atoms with Crippen molar-refractivity contribution in [3.63, 3.8) is 0 Å². The highest BCUT2D eigenvalue weighted by Gasteiger charge is 2.13. The number of aryl methyl sites for hydroxylation is 2. The minimum atomic E-state index is -0.0986. The molecule has 20 heavy (non-hydrogen) atoms. The van der Waals surface area contributed by atoms with E-state index in [0.717, 1.165) is 18.5 Å². The van der Waals surface area contributed by atoms with E-state index in [4.69, 9.17) is 0 Å². The number of hydrogen-bond donors (Lipinski definition) is 2. The molecule has 1 aliphatic rings. The zero-order valence-electron chi connectivity index (χ0n) is 11.2. The molecule has 4 heteroatoms. The van der Waals surface area contributed by atoms with Crippen molar-refractivity contribution in [3.8, 4) is 5.75 Å². The summed E-state index contributed by atoms with van der Waals surface area (Å²) in [6, 6.07) is 9.40. The molecule has 102 valence electrons. The minimum absolute atomic E-state index is 0.0986. The third kappa shape index (κ3) is 2.79. The van der Waals surface area contributed by atoms with Gasteiger partial charge in [0.15, 0.2) is 11.9 Å². The van der Waals surface area contributed by atoms with Crippen LogP contribution in [0.15, 0.2) is 42.7 Å². The predicted octanol–water partition coefficient (Wildman–Crippen LogP) is 1.81. The van der Waals surface area contributed by atoms with E-state index < -0.39 is 0 Å². The fraction of sp³-hybridized carbons (Fsp3) is 0.250. The van der Waals surface area contributed by atoms with E-state index in [2.05, 4.69) is 17.4 Å². The second-order valence-electron chi connectivity index (χ2n) is 5.12. The van der Waals surface area contributed by atoms with E-state index in [1.165, 1.54) is 23.7 Å². The summed E-state index contributed by atoms with van der Waals surface area (Å²) >= 11 is 0. The van der Waals surface area contributed by atoms with Crippen LogP contribution in [0.1, 0.15) is 17.5 Å². The lowest BCUT2D eigenvalue weighted by Gasteiger charge is -2.06. The van der Waals surface area contributed by atoms with Crippen LogP contribution in [0, 0.1) is 0 Å². The van der Waals surface area contributed by atoms with Crippen molar-refractivity contribution in [3.05, 3.63) is 53.9 Å². The second-order valence-corrected chi connectivity index (χ2v) is 5.12. The first kappa shape index (κ1) is 12.7. The van der Waals surface area contributed by atoms with Crippen molar-refractivity contribution in [2.45, 2.75) is 25.8 Å². The van der Waals surface area contributed by atoms with Crippen LogP contribution in [0.2, 0.25) is 0 Å². The Morgan fingerprint density at radius 2 is 2.10 bits per heavy atom. The average Bonchev–Trinajstić information content (AvgIpc) is 2.86. The molecule has 0 aliphatic heterocycles. The molecule has 2 aromatic rings. The standard InChI is InChI=1S/C16H16N2O2/c19-15-5-2-8-18(10-15)11-16(20)17-14-7-6-12-3-1-4-13(12)9-14/h2,5-10H,1,3-4,11H2,(H-,17,19,20)/p+1. The Labute approximate surface area is 117 Å². The molecule has 1 heterocycles. The van der Waals surface area contributed by atoms with Gasteiger partial charge in [-0.1, -0.05) is 6.07 Å². The Kier molecular flexibility index (Phi) is 3.37. The first-order chi connectivity index (χ1) is 9.70. The summed E-state index contributed by atoms with van der Waals surface area (Å²) in [5.41, 5.74) is 3.58. The number of nitrogens with zero attached hydrogens (tertiary/aromatic N) is 1. The van der Waals surface area contributed by atoms with Crippen molar-refractivity contribution in [1.29, 1.82) is 0 Å². The minimum Gasteiger partial charge on any atom is -0.503 e. The summed E-state index contributed by atoms with van der Waals surface area (Å²) in [6.45, 7) is 0.186. The number of pyridine rings is 1. The van der Waals surface area contributed by atoms with Gasteiger partial charge in [-0.25, -0.2) is 0 Å². The number of aromatic nitrogens is 1. The quantitative estimate of drug-likeness (QED) is 0.835. The van der Waals surface area contributed by atoms with Crippen LogP contribution in [-0.4, -0.2) is 11.0 Å². The number of amides is 1. The van der Waals surface area contributed by atoms with E-state index >= 15 is 0 Å². The Bertz CT molecular complexity index is 653. The number of fused-ring (bicyclic) bond motifs is 1. The molecule has 1 aromatic heterocycles. The highest BCUT2D eigenvalue weighted by molar-refractivity contribution is 5.89. The molecule has 3 rings (SSSR count). The smallest absolute Gasteiger partial charge is 0.290 e. The lowest BCUT2D eigenvalue weighted by Crippen LogP contribution is -2.39. The Balaban J connectivity index is 1.67. The Morgan fingerprint density at radius 1 is 1.25 bits per heavy atom. The number of nitrogens with one attached hydrogen (secondary N) is 1. The molecule has 0 radical (unpaired) electrons. The maximum atomic E-state index is 12.0. The number of rotatable bonds is 3. The number of carbonyl (C=O) groups excluding carboxylic acids is 1. The third-order valence-electron chi connectivity index (χ3n) is 3.55. The lowest BCUT2D eigenvalue weighted by atomic mass is 10.1. The summed E-state index contributed by atoms with van der Waals surface area (Å²) < 4.78 is 1.65. The molecular weight excluding hydrogens is 252 g/mol. The van der Waals surface area contributed by atoms with Gasteiger partial charge in [0, 0.05) is 11.8 Å². The van der Waals surface area contributed by atoms with E-state index in [1.807, 2.05) is 6.07 Å². The summed E-state index contributed by atoms with van der Waals surface area (Å²) in [6.07, 6.45) is 6.72. The highest BCUT2D eigenvalue weighted by Crippen LogP contribution is 2.24. The maximum absolute atomic E-state index is 12.0. The van der Waals surface area contributed by atoms with Gasteiger partial charge < -0.3 is 10.4 Å². The van der Waals surface area contributed by atoms with Gasteiger partial charge in [-0.2, -0.15) is 4.57 Å². The van der Waals surface area contributed by atoms with Gasteiger partial charge in [0.1, 0.15) is 0 Å². The predicted molar refractivity (Wildman–Crippen MR) is 75.4 cm³/mol. The van der Waals surface area contributed by atoms with Crippen molar-refractivity contribution in [2.24, 2.45) is 0 Å². The number of anilines is 1. The number of aromatic hydroxyl groups is 1. The second kappa shape index (κ2) is 5.33. The fourth-order valence-corrected chi connectivity index (χ4v) is 2.62. The molecule has 1 amide bonds. The van der Waals surface area contributed by atoms with Gasteiger partial charge in [-0.3, -0.25) is 4.79 Å². The van der Waals surface area contributed by atoms with Crippen molar-refractivity contribution < 1.29 is 14.5 Å². The molecule has 0 saturated carbocycles. The van der Waals surface area contributed by atoms with E-state index in [1.54, 1.807) is 22.9 Å². The van der Waals surface area contributed by atoms with Crippen LogP contribution in [0.5, 0.6) is 5.75 Å². The summed E-state index contributed by atoms with van der Waals surface area (Å²) in [7, 11) is 0. The largest absolute Gasteiger partial charge is 0.503 e. The topological polar surface area (TPSA) is 53.2 Å². The van der Waals surface area contributed by atoms with Gasteiger partial charge in [-0.05, 0) is 48.6 Å². The third-order valence-corrected chi connectivity index (χ3v) is 3.55. The van der Waals surface area contributed by atoms with Crippen LogP contribution in [-0.2, 0) is 24.2 Å². The summed E-state index contributed by atoms with van der Waals surface area (Å²) in [5.74, 6) is 0.0522. The molecule has 0 unspecified atom stereocenters. The number of benzene rings is 1. The maximum Gasteiger partial charge on any atom is 0.290 e. The molecule has 0 fully saturated rings. The molecule has 0 saturated heterocycles. The zero-order valence-corrected chi connectivity index (χ0v) is 11.2. The van der Waals surface area contributed by atoms with E-state index in [9.17, 15) is 9.90 Å². The van der Waals surface area contributed by atoms with Crippen molar-refractivity contribution >= 4 is 11.6 Å². The van der Waals surface area contributed by atoms with Crippen LogP contribution >= 0.6 is 0 Å². The molecular formula is C16H17N2O2+.